The normalized spacial score (nSPS) is 11.7. The summed E-state index contributed by atoms with van der Waals surface area (Å²) in [5, 5.41) is 15.4. The average molecular weight is 308 g/mol. The van der Waals surface area contributed by atoms with Gasteiger partial charge in [0, 0.05) is 19.3 Å². The molecule has 0 radical (unpaired) electrons. The Hall–Kier alpha value is -3.03. The molecule has 23 heavy (non-hydrogen) atoms. The van der Waals surface area contributed by atoms with E-state index in [1.165, 1.54) is 0 Å². The first-order valence-corrected chi connectivity index (χ1v) is 7.59. The lowest BCUT2D eigenvalue weighted by Crippen LogP contribution is -2.24. The highest BCUT2D eigenvalue weighted by Gasteiger charge is 2.23. The van der Waals surface area contributed by atoms with Gasteiger partial charge in [0.25, 0.3) is 0 Å². The van der Waals surface area contributed by atoms with Gasteiger partial charge in [0.15, 0.2) is 5.82 Å². The number of tetrazole rings is 1. The third-order valence-corrected chi connectivity index (χ3v) is 3.92. The summed E-state index contributed by atoms with van der Waals surface area (Å²) in [6.07, 6.45) is 1.77. The van der Waals surface area contributed by atoms with Crippen LogP contribution < -0.4 is 10.2 Å². The van der Waals surface area contributed by atoms with Crippen molar-refractivity contribution in [3.63, 3.8) is 0 Å². The molecule has 0 aliphatic carbocycles. The molecule has 1 aliphatic rings. The van der Waals surface area contributed by atoms with Gasteiger partial charge in [-0.1, -0.05) is 12.1 Å². The molecule has 8 nitrogen and oxygen atoms in total. The van der Waals surface area contributed by atoms with Crippen molar-refractivity contribution in [1.29, 1.82) is 0 Å². The van der Waals surface area contributed by atoms with Gasteiger partial charge < -0.3 is 10.2 Å². The Morgan fingerprint density at radius 3 is 2.83 bits per heavy atom. The Kier molecular flexibility index (Phi) is 3.14. The SMILES string of the molecule is CCN(CC)c1ncc2c(n1)Nc1ccccc1-n1nnnc1-2. The fraction of sp³-hybridized carbons (Fsp3) is 0.267. The third kappa shape index (κ3) is 2.10. The second kappa shape index (κ2) is 5.31. The van der Waals surface area contributed by atoms with Gasteiger partial charge in [-0.2, -0.15) is 9.67 Å². The molecule has 2 aromatic heterocycles. The third-order valence-electron chi connectivity index (χ3n) is 3.92. The zero-order valence-electron chi connectivity index (χ0n) is 12.9. The Labute approximate surface area is 133 Å². The van der Waals surface area contributed by atoms with E-state index in [1.807, 2.05) is 24.3 Å². The Morgan fingerprint density at radius 1 is 1.17 bits per heavy atom. The largest absolute Gasteiger partial charge is 0.341 e. The van der Waals surface area contributed by atoms with Gasteiger partial charge >= 0.3 is 0 Å². The number of nitrogens with one attached hydrogen (secondary N) is 1. The lowest BCUT2D eigenvalue weighted by Gasteiger charge is -2.19. The number of fused-ring (bicyclic) bond motifs is 5. The van der Waals surface area contributed by atoms with E-state index in [0.29, 0.717) is 17.6 Å². The number of hydrogen-bond donors (Lipinski definition) is 1. The fourth-order valence-corrected chi connectivity index (χ4v) is 2.70. The van der Waals surface area contributed by atoms with E-state index in [4.69, 9.17) is 0 Å². The minimum absolute atomic E-state index is 0.628. The molecule has 0 unspecified atom stereocenters. The van der Waals surface area contributed by atoms with Gasteiger partial charge in [-0.3, -0.25) is 0 Å². The van der Waals surface area contributed by atoms with Crippen LogP contribution in [0, 0.1) is 0 Å². The van der Waals surface area contributed by atoms with Crippen molar-refractivity contribution in [1.82, 2.24) is 30.2 Å². The van der Waals surface area contributed by atoms with Gasteiger partial charge in [-0.25, -0.2) is 4.98 Å². The van der Waals surface area contributed by atoms with Gasteiger partial charge in [0.05, 0.1) is 16.9 Å². The van der Waals surface area contributed by atoms with Crippen molar-refractivity contribution >= 4 is 17.5 Å². The fourth-order valence-electron chi connectivity index (χ4n) is 2.70. The molecule has 0 spiro atoms. The van der Waals surface area contributed by atoms with Crippen LogP contribution in [0.25, 0.3) is 17.1 Å². The van der Waals surface area contributed by atoms with Crippen LogP contribution in [0.2, 0.25) is 0 Å². The molecule has 0 fully saturated rings. The summed E-state index contributed by atoms with van der Waals surface area (Å²) >= 11 is 0. The molecule has 0 atom stereocenters. The molecule has 0 saturated heterocycles. The van der Waals surface area contributed by atoms with E-state index in [1.54, 1.807) is 10.9 Å². The highest BCUT2D eigenvalue weighted by Crippen LogP contribution is 2.35. The average Bonchev–Trinajstić information content (AvgIpc) is 3.01. The van der Waals surface area contributed by atoms with E-state index in [0.717, 1.165) is 30.0 Å². The van der Waals surface area contributed by atoms with Crippen LogP contribution in [-0.4, -0.2) is 43.3 Å². The molecular formula is C15H16N8. The molecule has 1 N–H and O–H groups in total. The zero-order valence-corrected chi connectivity index (χ0v) is 12.9. The first-order chi connectivity index (χ1) is 11.3. The number of rotatable bonds is 3. The molecule has 0 bridgehead atoms. The number of anilines is 3. The zero-order chi connectivity index (χ0) is 15.8. The molecule has 4 rings (SSSR count). The van der Waals surface area contributed by atoms with Crippen LogP contribution in [0.15, 0.2) is 30.5 Å². The number of nitrogens with zero attached hydrogens (tertiary/aromatic N) is 7. The monoisotopic (exact) mass is 308 g/mol. The minimum Gasteiger partial charge on any atom is -0.341 e. The predicted octanol–water partition coefficient (Wildman–Crippen LogP) is 2.02. The summed E-state index contributed by atoms with van der Waals surface area (Å²) < 4.78 is 1.70. The van der Waals surface area contributed by atoms with Crippen LogP contribution in [0.1, 0.15) is 13.8 Å². The molecule has 116 valence electrons. The molecular weight excluding hydrogens is 292 g/mol. The first kappa shape index (κ1) is 13.6. The summed E-state index contributed by atoms with van der Waals surface area (Å²) in [6.45, 7) is 5.87. The van der Waals surface area contributed by atoms with Crippen molar-refractivity contribution in [3.8, 4) is 17.1 Å². The lowest BCUT2D eigenvalue weighted by molar-refractivity contribution is 0.793. The molecule has 1 aliphatic heterocycles. The molecule has 3 heterocycles. The quantitative estimate of drug-likeness (QED) is 0.619. The smallest absolute Gasteiger partial charge is 0.227 e. The van der Waals surface area contributed by atoms with Crippen molar-refractivity contribution in [2.45, 2.75) is 13.8 Å². The van der Waals surface area contributed by atoms with Crippen molar-refractivity contribution in [2.75, 3.05) is 23.3 Å². The topological polar surface area (TPSA) is 84.7 Å². The van der Waals surface area contributed by atoms with Crippen LogP contribution in [-0.2, 0) is 0 Å². The maximum absolute atomic E-state index is 4.69. The van der Waals surface area contributed by atoms with Crippen LogP contribution >= 0.6 is 0 Å². The Morgan fingerprint density at radius 2 is 2.00 bits per heavy atom. The summed E-state index contributed by atoms with van der Waals surface area (Å²) in [6, 6.07) is 7.87. The highest BCUT2D eigenvalue weighted by molar-refractivity contribution is 5.81. The molecule has 8 heteroatoms. The maximum atomic E-state index is 4.69. The second-order valence-electron chi connectivity index (χ2n) is 5.16. The van der Waals surface area contributed by atoms with Crippen LogP contribution in [0.5, 0.6) is 0 Å². The van der Waals surface area contributed by atoms with Gasteiger partial charge in [-0.05, 0) is 36.4 Å². The summed E-state index contributed by atoms with van der Waals surface area (Å²) in [5.41, 5.74) is 2.57. The Bertz CT molecular complexity index is 852. The van der Waals surface area contributed by atoms with Crippen molar-refractivity contribution < 1.29 is 0 Å². The van der Waals surface area contributed by atoms with Crippen molar-refractivity contribution in [2.24, 2.45) is 0 Å². The van der Waals surface area contributed by atoms with E-state index in [2.05, 4.69) is 49.6 Å². The minimum atomic E-state index is 0.628. The molecule has 3 aromatic rings. The van der Waals surface area contributed by atoms with Crippen molar-refractivity contribution in [3.05, 3.63) is 30.5 Å². The Balaban J connectivity index is 1.92. The van der Waals surface area contributed by atoms with Gasteiger partial charge in [0.1, 0.15) is 5.82 Å². The number of benzene rings is 1. The second-order valence-corrected chi connectivity index (χ2v) is 5.16. The van der Waals surface area contributed by atoms with E-state index < -0.39 is 0 Å². The summed E-state index contributed by atoms with van der Waals surface area (Å²) in [5.74, 6) is 2.03. The van der Waals surface area contributed by atoms with Crippen LogP contribution in [0.4, 0.5) is 17.5 Å². The predicted molar refractivity (Wildman–Crippen MR) is 87.0 cm³/mol. The number of para-hydroxylation sites is 2. The van der Waals surface area contributed by atoms with E-state index in [-0.39, 0.29) is 0 Å². The van der Waals surface area contributed by atoms with Gasteiger partial charge in [-0.15, -0.1) is 5.10 Å². The molecule has 1 aromatic carbocycles. The molecule has 0 saturated carbocycles. The highest BCUT2D eigenvalue weighted by atomic mass is 15.5. The van der Waals surface area contributed by atoms with E-state index >= 15 is 0 Å². The van der Waals surface area contributed by atoms with E-state index in [9.17, 15) is 0 Å². The molecule has 0 amide bonds. The number of hydrogen-bond acceptors (Lipinski definition) is 7. The summed E-state index contributed by atoms with van der Waals surface area (Å²) in [4.78, 5) is 11.3. The maximum Gasteiger partial charge on any atom is 0.227 e. The number of aromatic nitrogens is 6. The first-order valence-electron chi connectivity index (χ1n) is 7.59. The van der Waals surface area contributed by atoms with Gasteiger partial charge in [0.2, 0.25) is 5.95 Å². The lowest BCUT2D eigenvalue weighted by atomic mass is 10.2. The van der Waals surface area contributed by atoms with Crippen LogP contribution in [0.3, 0.4) is 0 Å². The summed E-state index contributed by atoms with van der Waals surface area (Å²) in [7, 11) is 0. The standard InChI is InChI=1S/C15H16N8/c1-3-22(4-2)15-16-9-10-13(18-15)17-11-7-5-6-8-12(11)23-14(10)19-20-21-23/h5-9H,3-4H2,1-2H3,(H,16,17,18).